The molecule has 150 valence electrons. The van der Waals surface area contributed by atoms with Crippen molar-refractivity contribution in [2.24, 2.45) is 0 Å². The number of amides is 1. The van der Waals surface area contributed by atoms with Crippen LogP contribution in [0.25, 0.3) is 0 Å². The summed E-state index contributed by atoms with van der Waals surface area (Å²) in [5.74, 6) is -0.549. The Morgan fingerprint density at radius 3 is 2.61 bits per heavy atom. The number of nitrogens with one attached hydrogen (secondary N) is 1. The van der Waals surface area contributed by atoms with Crippen molar-refractivity contribution >= 4 is 45.5 Å². The molecule has 0 saturated carbocycles. The number of aryl methyl sites for hydroxylation is 1. The monoisotopic (exact) mass is 421 g/mol. The van der Waals surface area contributed by atoms with Crippen molar-refractivity contribution in [1.29, 1.82) is 0 Å². The van der Waals surface area contributed by atoms with Crippen LogP contribution in [-0.2, 0) is 16.0 Å². The summed E-state index contributed by atoms with van der Waals surface area (Å²) in [4.78, 5) is 29.9. The average molecular weight is 422 g/mol. The van der Waals surface area contributed by atoms with Gasteiger partial charge in [-0.2, -0.15) is 0 Å². The Balaban J connectivity index is 1.55. The second-order valence-electron chi connectivity index (χ2n) is 6.59. The molecule has 1 aliphatic heterocycles. The number of carbonyl (C=O) groups is 2. The number of hydrogen-bond acceptors (Lipinski definition) is 6. The van der Waals surface area contributed by atoms with Crippen molar-refractivity contribution in [2.45, 2.75) is 13.3 Å². The normalized spacial score (nSPS) is 14.8. The minimum atomic E-state index is -0.429. The zero-order valence-electron chi connectivity index (χ0n) is 16.0. The van der Waals surface area contributed by atoms with E-state index in [1.54, 1.807) is 6.07 Å². The van der Waals surface area contributed by atoms with E-state index in [9.17, 15) is 9.59 Å². The number of nitrogens with zero attached hydrogens (tertiary/aromatic N) is 2. The molecule has 1 amide bonds. The smallest absolute Gasteiger partial charge is 0.340 e. The third kappa shape index (κ3) is 5.04. The Bertz CT molecular complexity index is 847. The Hall–Kier alpha value is -2.09. The van der Waals surface area contributed by atoms with Crippen LogP contribution in [0.1, 0.15) is 22.2 Å². The Morgan fingerprint density at radius 2 is 1.96 bits per heavy atom. The molecule has 0 atom stereocenters. The minimum absolute atomic E-state index is 0.120. The van der Waals surface area contributed by atoms with Crippen molar-refractivity contribution in [3.05, 3.63) is 45.8 Å². The zero-order chi connectivity index (χ0) is 20.1. The highest BCUT2D eigenvalue weighted by atomic mass is 35.5. The fourth-order valence-electron chi connectivity index (χ4n) is 3.18. The molecule has 1 aromatic carbocycles. The predicted molar refractivity (Wildman–Crippen MR) is 114 cm³/mol. The molecule has 2 heterocycles. The van der Waals surface area contributed by atoms with Gasteiger partial charge in [0, 0.05) is 41.8 Å². The summed E-state index contributed by atoms with van der Waals surface area (Å²) in [5, 5.41) is 4.17. The van der Waals surface area contributed by atoms with Crippen LogP contribution in [0.5, 0.6) is 0 Å². The lowest BCUT2D eigenvalue weighted by Gasteiger charge is -2.35. The van der Waals surface area contributed by atoms with Gasteiger partial charge in [0.25, 0.3) is 0 Å². The van der Waals surface area contributed by atoms with Gasteiger partial charge in [0.1, 0.15) is 5.00 Å². The van der Waals surface area contributed by atoms with E-state index in [0.29, 0.717) is 17.1 Å². The highest BCUT2D eigenvalue weighted by Crippen LogP contribution is 2.29. The summed E-state index contributed by atoms with van der Waals surface area (Å²) in [6, 6.07) is 9.60. The van der Waals surface area contributed by atoms with Crippen molar-refractivity contribution in [1.82, 2.24) is 4.90 Å². The third-order valence-corrected chi connectivity index (χ3v) is 6.13. The molecule has 1 N–H and O–H groups in total. The molecule has 0 bridgehead atoms. The third-order valence-electron chi connectivity index (χ3n) is 4.70. The summed E-state index contributed by atoms with van der Waals surface area (Å²) in [6.07, 6.45) is 0.802. The largest absolute Gasteiger partial charge is 0.465 e. The van der Waals surface area contributed by atoms with E-state index in [2.05, 4.69) is 15.1 Å². The number of esters is 1. The number of anilines is 2. The predicted octanol–water partition coefficient (Wildman–Crippen LogP) is 3.51. The Kier molecular flexibility index (Phi) is 6.93. The number of halogens is 1. The van der Waals surface area contributed by atoms with Gasteiger partial charge < -0.3 is 15.0 Å². The van der Waals surface area contributed by atoms with Gasteiger partial charge >= 0.3 is 5.97 Å². The summed E-state index contributed by atoms with van der Waals surface area (Å²) in [5.41, 5.74) is 1.52. The van der Waals surface area contributed by atoms with Gasteiger partial charge in [0.15, 0.2) is 0 Å². The molecule has 8 heteroatoms. The van der Waals surface area contributed by atoms with Crippen LogP contribution >= 0.6 is 22.9 Å². The lowest BCUT2D eigenvalue weighted by atomic mass is 10.2. The number of ether oxygens (including phenoxy) is 1. The first-order chi connectivity index (χ1) is 13.5. The fourth-order valence-corrected chi connectivity index (χ4v) is 4.36. The van der Waals surface area contributed by atoms with Crippen LogP contribution in [0.2, 0.25) is 5.02 Å². The van der Waals surface area contributed by atoms with Gasteiger partial charge in [-0.05, 0) is 30.7 Å². The van der Waals surface area contributed by atoms with Gasteiger partial charge in [-0.15, -0.1) is 11.3 Å². The molecule has 0 aliphatic carbocycles. The Labute approximate surface area is 174 Å². The molecule has 28 heavy (non-hydrogen) atoms. The van der Waals surface area contributed by atoms with Crippen LogP contribution < -0.4 is 10.2 Å². The molecule has 3 rings (SSSR count). The Morgan fingerprint density at radius 1 is 1.21 bits per heavy atom. The highest BCUT2D eigenvalue weighted by molar-refractivity contribution is 7.16. The van der Waals surface area contributed by atoms with Crippen molar-refractivity contribution in [3.8, 4) is 0 Å². The first-order valence-electron chi connectivity index (χ1n) is 9.24. The number of thiophene rings is 1. The molecule has 0 radical (unpaired) electrons. The number of methoxy groups -OCH3 is 1. The van der Waals surface area contributed by atoms with Crippen LogP contribution in [0.15, 0.2) is 30.3 Å². The van der Waals surface area contributed by atoms with Crippen LogP contribution in [-0.4, -0.2) is 56.6 Å². The highest BCUT2D eigenvalue weighted by Gasteiger charge is 2.22. The van der Waals surface area contributed by atoms with E-state index >= 15 is 0 Å². The maximum Gasteiger partial charge on any atom is 0.340 e. The average Bonchev–Trinajstić information content (AvgIpc) is 3.10. The summed E-state index contributed by atoms with van der Waals surface area (Å²) in [7, 11) is 1.34. The zero-order valence-corrected chi connectivity index (χ0v) is 17.6. The van der Waals surface area contributed by atoms with E-state index in [1.165, 1.54) is 18.4 Å². The number of hydrogen-bond donors (Lipinski definition) is 1. The molecule has 2 aromatic rings. The molecule has 1 saturated heterocycles. The number of piperazine rings is 1. The molecule has 1 aromatic heterocycles. The second kappa shape index (κ2) is 9.41. The molecule has 0 unspecified atom stereocenters. The van der Waals surface area contributed by atoms with Crippen molar-refractivity contribution < 1.29 is 14.3 Å². The van der Waals surface area contributed by atoms with Gasteiger partial charge in [-0.1, -0.05) is 24.6 Å². The van der Waals surface area contributed by atoms with E-state index in [1.807, 2.05) is 31.2 Å². The molecule has 1 aliphatic rings. The van der Waals surface area contributed by atoms with Gasteiger partial charge in [-0.3, -0.25) is 9.69 Å². The summed E-state index contributed by atoms with van der Waals surface area (Å²) < 4.78 is 4.82. The van der Waals surface area contributed by atoms with E-state index in [0.717, 1.165) is 48.2 Å². The molecular weight excluding hydrogens is 398 g/mol. The van der Waals surface area contributed by atoms with Crippen molar-refractivity contribution in [2.75, 3.05) is 50.1 Å². The maximum absolute atomic E-state index is 12.5. The van der Waals surface area contributed by atoms with E-state index in [4.69, 9.17) is 16.3 Å². The lowest BCUT2D eigenvalue weighted by molar-refractivity contribution is -0.117. The standard InChI is InChI=1S/C20H24ClN3O3S/c1-3-16-12-17(20(26)27-2)19(28-16)22-18(25)13-23-7-9-24(10-8-23)15-6-4-5-14(21)11-15/h4-6,11-12H,3,7-10,13H2,1-2H3,(H,22,25). The SMILES string of the molecule is CCc1cc(C(=O)OC)c(NC(=O)CN2CCN(c3cccc(Cl)c3)CC2)s1. The summed E-state index contributed by atoms with van der Waals surface area (Å²) in [6.45, 7) is 5.55. The first kappa shape index (κ1) is 20.6. The fraction of sp³-hybridized carbons (Fsp3) is 0.400. The molecule has 6 nitrogen and oxygen atoms in total. The molecule has 1 fully saturated rings. The number of benzene rings is 1. The molecule has 0 spiro atoms. The van der Waals surface area contributed by atoms with Gasteiger partial charge in [-0.25, -0.2) is 4.79 Å². The maximum atomic E-state index is 12.5. The van der Waals surface area contributed by atoms with Gasteiger partial charge in [0.05, 0.1) is 19.2 Å². The summed E-state index contributed by atoms with van der Waals surface area (Å²) >= 11 is 7.49. The number of carbonyl (C=O) groups excluding carboxylic acids is 2. The van der Waals surface area contributed by atoms with E-state index in [-0.39, 0.29) is 5.91 Å². The topological polar surface area (TPSA) is 61.9 Å². The van der Waals surface area contributed by atoms with Crippen molar-refractivity contribution in [3.63, 3.8) is 0 Å². The van der Waals surface area contributed by atoms with Crippen LogP contribution in [0.3, 0.4) is 0 Å². The van der Waals surface area contributed by atoms with Gasteiger partial charge in [0.2, 0.25) is 5.91 Å². The first-order valence-corrected chi connectivity index (χ1v) is 10.4. The lowest BCUT2D eigenvalue weighted by Crippen LogP contribution is -2.48. The molecular formula is C20H24ClN3O3S. The minimum Gasteiger partial charge on any atom is -0.465 e. The quantitative estimate of drug-likeness (QED) is 0.723. The second-order valence-corrected chi connectivity index (χ2v) is 8.17. The number of rotatable bonds is 6. The van der Waals surface area contributed by atoms with Crippen LogP contribution in [0, 0.1) is 0 Å². The van der Waals surface area contributed by atoms with Crippen LogP contribution in [0.4, 0.5) is 10.7 Å². The van der Waals surface area contributed by atoms with E-state index < -0.39 is 5.97 Å².